The lowest BCUT2D eigenvalue weighted by atomic mass is 10.2. The minimum absolute atomic E-state index is 0.145. The van der Waals surface area contributed by atoms with Crippen molar-refractivity contribution in [3.05, 3.63) is 50.6 Å². The van der Waals surface area contributed by atoms with Crippen molar-refractivity contribution in [1.29, 1.82) is 0 Å². The normalized spacial score (nSPS) is 16.6. The Bertz CT molecular complexity index is 1420. The number of hydrogen-bond donors (Lipinski definition) is 0. The van der Waals surface area contributed by atoms with Crippen LogP contribution in [-0.4, -0.2) is 49.7 Å². The third kappa shape index (κ3) is 4.50. The van der Waals surface area contributed by atoms with Crippen molar-refractivity contribution < 1.29 is 13.2 Å². The maximum atomic E-state index is 12.8. The number of imidazole rings is 1. The lowest BCUT2D eigenvalue weighted by molar-refractivity contribution is 0.182. The summed E-state index contributed by atoms with van der Waals surface area (Å²) in [6.45, 7) is 4.31. The van der Waals surface area contributed by atoms with E-state index in [1.807, 2.05) is 19.1 Å². The lowest BCUT2D eigenvalue weighted by Gasteiger charge is -2.22. The van der Waals surface area contributed by atoms with Gasteiger partial charge in [0.05, 0.1) is 11.5 Å². The third-order valence-electron chi connectivity index (χ3n) is 5.88. The number of rotatable bonds is 6. The maximum Gasteiger partial charge on any atom is 0.332 e. The number of aryl methyl sites for hydroxylation is 2. The molecule has 3 aromatic rings. The number of aromatic nitrogens is 5. The van der Waals surface area contributed by atoms with Crippen LogP contribution in [0.4, 0.5) is 0 Å². The van der Waals surface area contributed by atoms with Crippen molar-refractivity contribution in [2.45, 2.75) is 45.9 Å². The SMILES string of the molecule is CCn1c(=O)c2c(nc(/C=C/c3ccc(OC4CCS(=O)(=O)CC4)nc3)n2C)n(CC)c1=O. The predicted octanol–water partition coefficient (Wildman–Crippen LogP) is 1.46. The first-order chi connectivity index (χ1) is 15.7. The van der Waals surface area contributed by atoms with E-state index in [-0.39, 0.29) is 28.9 Å². The summed E-state index contributed by atoms with van der Waals surface area (Å²) in [5.41, 5.74) is 0.849. The van der Waals surface area contributed by atoms with Gasteiger partial charge in [0.2, 0.25) is 5.88 Å². The molecule has 0 saturated carbocycles. The van der Waals surface area contributed by atoms with E-state index in [0.717, 1.165) is 5.56 Å². The van der Waals surface area contributed by atoms with Crippen molar-refractivity contribution in [3.63, 3.8) is 0 Å². The van der Waals surface area contributed by atoms with Gasteiger partial charge in [-0.15, -0.1) is 0 Å². The van der Waals surface area contributed by atoms with E-state index in [2.05, 4.69) is 9.97 Å². The molecule has 4 heterocycles. The largest absolute Gasteiger partial charge is 0.474 e. The second kappa shape index (κ2) is 8.97. The van der Waals surface area contributed by atoms with Gasteiger partial charge < -0.3 is 9.30 Å². The molecule has 0 bridgehead atoms. The smallest absolute Gasteiger partial charge is 0.332 e. The summed E-state index contributed by atoms with van der Waals surface area (Å²) >= 11 is 0. The van der Waals surface area contributed by atoms with Crippen LogP contribution in [0.3, 0.4) is 0 Å². The topological polar surface area (TPSA) is 118 Å². The van der Waals surface area contributed by atoms with Crippen molar-refractivity contribution in [2.24, 2.45) is 7.05 Å². The van der Waals surface area contributed by atoms with E-state index in [9.17, 15) is 18.0 Å². The van der Waals surface area contributed by atoms with E-state index in [4.69, 9.17) is 4.74 Å². The number of pyridine rings is 1. The first kappa shape index (κ1) is 23.0. The Labute approximate surface area is 191 Å². The summed E-state index contributed by atoms with van der Waals surface area (Å²) in [6.07, 6.45) is 6.04. The summed E-state index contributed by atoms with van der Waals surface area (Å²) < 4.78 is 33.3. The zero-order valence-electron chi connectivity index (χ0n) is 18.9. The first-order valence-corrected chi connectivity index (χ1v) is 12.8. The average molecular weight is 474 g/mol. The molecule has 0 spiro atoms. The Morgan fingerprint density at radius 2 is 1.79 bits per heavy atom. The Balaban J connectivity index is 1.56. The van der Waals surface area contributed by atoms with Crippen LogP contribution in [-0.2, 0) is 30.0 Å². The molecule has 1 saturated heterocycles. The minimum Gasteiger partial charge on any atom is -0.474 e. The molecule has 0 aromatic carbocycles. The van der Waals surface area contributed by atoms with Gasteiger partial charge in [-0.25, -0.2) is 23.2 Å². The lowest BCUT2D eigenvalue weighted by Crippen LogP contribution is -2.39. The summed E-state index contributed by atoms with van der Waals surface area (Å²) in [7, 11) is -1.18. The Morgan fingerprint density at radius 3 is 2.39 bits per heavy atom. The second-order valence-corrected chi connectivity index (χ2v) is 10.3. The van der Waals surface area contributed by atoms with E-state index >= 15 is 0 Å². The summed E-state index contributed by atoms with van der Waals surface area (Å²) in [5, 5.41) is 0. The molecule has 0 N–H and O–H groups in total. The Kier molecular flexibility index (Phi) is 6.24. The molecule has 4 rings (SSSR count). The fourth-order valence-corrected chi connectivity index (χ4v) is 5.43. The summed E-state index contributed by atoms with van der Waals surface area (Å²) in [6, 6.07) is 3.58. The van der Waals surface area contributed by atoms with Crippen LogP contribution in [0.15, 0.2) is 27.9 Å². The van der Waals surface area contributed by atoms with E-state index in [1.54, 1.807) is 36.9 Å². The fraction of sp³-hybridized carbons (Fsp3) is 0.455. The minimum atomic E-state index is -2.93. The second-order valence-electron chi connectivity index (χ2n) is 8.01. The van der Waals surface area contributed by atoms with E-state index in [1.165, 1.54) is 9.13 Å². The average Bonchev–Trinajstić information content (AvgIpc) is 3.11. The molecule has 1 fully saturated rings. The van der Waals surface area contributed by atoms with Gasteiger partial charge in [-0.05, 0) is 50.5 Å². The van der Waals surface area contributed by atoms with Crippen LogP contribution in [0.25, 0.3) is 23.3 Å². The molecule has 0 aliphatic carbocycles. The monoisotopic (exact) mass is 473 g/mol. The fourth-order valence-electron chi connectivity index (χ4n) is 3.98. The molecule has 1 aliphatic heterocycles. The molecule has 0 unspecified atom stereocenters. The molecule has 3 aromatic heterocycles. The molecule has 1 aliphatic rings. The molecular weight excluding hydrogens is 446 g/mol. The molecule has 0 radical (unpaired) electrons. The highest BCUT2D eigenvalue weighted by atomic mass is 32.2. The van der Waals surface area contributed by atoms with Crippen LogP contribution in [0.2, 0.25) is 0 Å². The van der Waals surface area contributed by atoms with Crippen molar-refractivity contribution >= 4 is 33.2 Å². The van der Waals surface area contributed by atoms with Gasteiger partial charge in [0.25, 0.3) is 5.56 Å². The molecule has 10 nitrogen and oxygen atoms in total. The van der Waals surface area contributed by atoms with Gasteiger partial charge in [0, 0.05) is 32.4 Å². The first-order valence-electron chi connectivity index (χ1n) is 10.9. The van der Waals surface area contributed by atoms with Crippen LogP contribution in [0.5, 0.6) is 5.88 Å². The van der Waals surface area contributed by atoms with Gasteiger partial charge in [-0.3, -0.25) is 13.9 Å². The van der Waals surface area contributed by atoms with E-state index < -0.39 is 9.84 Å². The van der Waals surface area contributed by atoms with Crippen LogP contribution >= 0.6 is 0 Å². The molecule has 0 amide bonds. The highest BCUT2D eigenvalue weighted by molar-refractivity contribution is 7.91. The predicted molar refractivity (Wildman–Crippen MR) is 126 cm³/mol. The molecule has 176 valence electrons. The molecule has 11 heteroatoms. The van der Waals surface area contributed by atoms with Crippen LogP contribution < -0.4 is 16.0 Å². The standard InChI is InChI=1S/C22H27N5O5S/c1-4-26-20-19(21(28)27(5-2)22(26)29)25(3)17(24-20)8-6-15-7-9-18(23-14-15)32-16-10-12-33(30,31)13-11-16/h6-9,14,16H,4-5,10-13H2,1-3H3/b8-6+. The third-order valence-corrected chi connectivity index (χ3v) is 7.60. The van der Waals surface area contributed by atoms with Crippen LogP contribution in [0, 0.1) is 0 Å². The van der Waals surface area contributed by atoms with Crippen LogP contribution in [0.1, 0.15) is 38.1 Å². The summed E-state index contributed by atoms with van der Waals surface area (Å²) in [5.74, 6) is 1.28. The Hall–Kier alpha value is -3.21. The number of sulfone groups is 1. The number of fused-ring (bicyclic) bond motifs is 1. The zero-order valence-corrected chi connectivity index (χ0v) is 19.7. The quantitative estimate of drug-likeness (QED) is 0.532. The maximum absolute atomic E-state index is 12.8. The van der Waals surface area contributed by atoms with Crippen molar-refractivity contribution in [1.82, 2.24) is 23.7 Å². The van der Waals surface area contributed by atoms with Crippen molar-refractivity contribution in [3.8, 4) is 5.88 Å². The van der Waals surface area contributed by atoms with Gasteiger partial charge in [-0.2, -0.15) is 0 Å². The number of ether oxygens (including phenoxy) is 1. The highest BCUT2D eigenvalue weighted by Gasteiger charge is 2.25. The highest BCUT2D eigenvalue weighted by Crippen LogP contribution is 2.19. The molecule has 33 heavy (non-hydrogen) atoms. The molecular formula is C22H27N5O5S. The summed E-state index contributed by atoms with van der Waals surface area (Å²) in [4.78, 5) is 34.2. The zero-order chi connectivity index (χ0) is 23.8. The van der Waals surface area contributed by atoms with Gasteiger partial charge >= 0.3 is 5.69 Å². The Morgan fingerprint density at radius 1 is 1.09 bits per heavy atom. The van der Waals surface area contributed by atoms with Gasteiger partial charge in [-0.1, -0.05) is 0 Å². The van der Waals surface area contributed by atoms with Gasteiger partial charge in [0.1, 0.15) is 11.9 Å². The molecule has 0 atom stereocenters. The van der Waals surface area contributed by atoms with Crippen molar-refractivity contribution in [2.75, 3.05) is 11.5 Å². The number of nitrogens with zero attached hydrogens (tertiary/aromatic N) is 5. The van der Waals surface area contributed by atoms with Gasteiger partial charge in [0.15, 0.2) is 21.0 Å². The van der Waals surface area contributed by atoms with E-state index in [0.29, 0.717) is 48.8 Å². The number of hydrogen-bond acceptors (Lipinski definition) is 7.